The van der Waals surface area contributed by atoms with Crippen molar-refractivity contribution in [3.8, 4) is 6.07 Å². The molecule has 0 amide bonds. The van der Waals surface area contributed by atoms with Crippen molar-refractivity contribution in [2.24, 2.45) is 0 Å². The number of benzene rings is 1. The second-order valence-corrected chi connectivity index (χ2v) is 4.89. The molecule has 0 saturated carbocycles. The van der Waals surface area contributed by atoms with Gasteiger partial charge in [0.1, 0.15) is 11.6 Å². The van der Waals surface area contributed by atoms with Crippen LogP contribution in [0.25, 0.3) is 10.9 Å². The highest BCUT2D eigenvalue weighted by atomic mass is 16.1. The van der Waals surface area contributed by atoms with Crippen LogP contribution in [0.15, 0.2) is 53.3 Å². The van der Waals surface area contributed by atoms with E-state index in [0.29, 0.717) is 6.54 Å². The van der Waals surface area contributed by atoms with Crippen LogP contribution in [-0.4, -0.2) is 9.55 Å². The molecule has 0 unspecified atom stereocenters. The minimum atomic E-state index is -0.271. The van der Waals surface area contributed by atoms with Gasteiger partial charge in [0.15, 0.2) is 0 Å². The molecule has 0 fully saturated rings. The Balaban J connectivity index is 2.07. The summed E-state index contributed by atoms with van der Waals surface area (Å²) in [5, 5.41) is 10.0. The van der Waals surface area contributed by atoms with E-state index in [-0.39, 0.29) is 11.1 Å². The van der Waals surface area contributed by atoms with Crippen LogP contribution in [0.2, 0.25) is 0 Å². The molecule has 4 nitrogen and oxygen atoms in total. The molecule has 0 radical (unpaired) electrons. The van der Waals surface area contributed by atoms with Crippen molar-refractivity contribution >= 4 is 10.9 Å². The van der Waals surface area contributed by atoms with Gasteiger partial charge in [-0.1, -0.05) is 24.3 Å². The summed E-state index contributed by atoms with van der Waals surface area (Å²) in [6, 6.07) is 17.0. The Morgan fingerprint density at radius 2 is 1.95 bits per heavy atom. The summed E-state index contributed by atoms with van der Waals surface area (Å²) in [4.78, 5) is 16.8. The first-order chi connectivity index (χ1) is 10.2. The van der Waals surface area contributed by atoms with E-state index in [1.165, 1.54) is 0 Å². The molecule has 2 heterocycles. The third kappa shape index (κ3) is 2.41. The molecule has 0 bridgehead atoms. The van der Waals surface area contributed by atoms with Gasteiger partial charge in [-0.25, -0.2) is 0 Å². The van der Waals surface area contributed by atoms with Gasteiger partial charge in [0, 0.05) is 11.1 Å². The number of nitriles is 1. The first-order valence-corrected chi connectivity index (χ1v) is 6.64. The van der Waals surface area contributed by atoms with Gasteiger partial charge in [0.25, 0.3) is 5.56 Å². The lowest BCUT2D eigenvalue weighted by Crippen LogP contribution is -2.25. The number of nitrogens with zero attached hydrogens (tertiary/aromatic N) is 3. The Labute approximate surface area is 121 Å². The molecule has 0 saturated heterocycles. The maximum Gasteiger partial charge on any atom is 0.269 e. The van der Waals surface area contributed by atoms with E-state index in [2.05, 4.69) is 4.98 Å². The zero-order valence-corrected chi connectivity index (χ0v) is 11.6. The van der Waals surface area contributed by atoms with Gasteiger partial charge in [-0.3, -0.25) is 9.78 Å². The van der Waals surface area contributed by atoms with Crippen molar-refractivity contribution in [1.29, 1.82) is 5.26 Å². The number of pyridine rings is 2. The third-order valence-electron chi connectivity index (χ3n) is 3.49. The zero-order chi connectivity index (χ0) is 14.8. The molecule has 2 aromatic heterocycles. The van der Waals surface area contributed by atoms with E-state index in [0.717, 1.165) is 22.3 Å². The van der Waals surface area contributed by atoms with Crippen LogP contribution in [0.3, 0.4) is 0 Å². The van der Waals surface area contributed by atoms with Crippen molar-refractivity contribution < 1.29 is 0 Å². The van der Waals surface area contributed by atoms with Gasteiger partial charge < -0.3 is 4.57 Å². The molecule has 21 heavy (non-hydrogen) atoms. The molecule has 1 aromatic carbocycles. The predicted octanol–water partition coefficient (Wildman–Crippen LogP) is 2.62. The first kappa shape index (κ1) is 13.1. The van der Waals surface area contributed by atoms with E-state index in [4.69, 9.17) is 5.26 Å². The number of aromatic nitrogens is 2. The lowest BCUT2D eigenvalue weighted by molar-refractivity contribution is 0.713. The standard InChI is InChI=1S/C17H13N3O/c1-12-6-7-14(10-18)17(21)20(12)11-15-9-8-13-4-2-3-5-16(13)19-15/h2-9H,11H2,1H3. The van der Waals surface area contributed by atoms with Crippen LogP contribution in [-0.2, 0) is 6.54 Å². The Bertz CT molecular complexity index is 919. The van der Waals surface area contributed by atoms with Gasteiger partial charge >= 0.3 is 0 Å². The molecule has 4 heteroatoms. The fraction of sp³-hybridized carbons (Fsp3) is 0.118. The lowest BCUT2D eigenvalue weighted by atomic mass is 10.2. The summed E-state index contributed by atoms with van der Waals surface area (Å²) in [5.74, 6) is 0. The Hall–Kier alpha value is -2.93. The van der Waals surface area contributed by atoms with Gasteiger partial charge in [0.2, 0.25) is 0 Å². The van der Waals surface area contributed by atoms with E-state index < -0.39 is 0 Å². The largest absolute Gasteiger partial charge is 0.306 e. The molecule has 0 atom stereocenters. The average molecular weight is 275 g/mol. The highest BCUT2D eigenvalue weighted by Gasteiger charge is 2.07. The quantitative estimate of drug-likeness (QED) is 0.722. The Morgan fingerprint density at radius 1 is 1.14 bits per heavy atom. The summed E-state index contributed by atoms with van der Waals surface area (Å²) in [7, 11) is 0. The minimum absolute atomic E-state index is 0.154. The normalized spacial score (nSPS) is 10.5. The van der Waals surface area contributed by atoms with E-state index in [1.54, 1.807) is 16.7 Å². The second-order valence-electron chi connectivity index (χ2n) is 4.89. The third-order valence-corrected chi connectivity index (χ3v) is 3.49. The van der Waals surface area contributed by atoms with Gasteiger partial charge in [-0.05, 0) is 31.2 Å². The van der Waals surface area contributed by atoms with Crippen LogP contribution < -0.4 is 5.56 Å². The summed E-state index contributed by atoms with van der Waals surface area (Å²) in [5.41, 5.74) is 2.40. The first-order valence-electron chi connectivity index (χ1n) is 6.64. The summed E-state index contributed by atoms with van der Waals surface area (Å²) >= 11 is 0. The van der Waals surface area contributed by atoms with Crippen molar-refractivity contribution in [3.63, 3.8) is 0 Å². The van der Waals surface area contributed by atoms with Crippen LogP contribution in [0.5, 0.6) is 0 Å². The minimum Gasteiger partial charge on any atom is -0.306 e. The Morgan fingerprint density at radius 3 is 2.76 bits per heavy atom. The molecule has 0 aliphatic heterocycles. The highest BCUT2D eigenvalue weighted by molar-refractivity contribution is 5.78. The number of hydrogen-bond acceptors (Lipinski definition) is 3. The van der Waals surface area contributed by atoms with Gasteiger partial charge in [0.05, 0.1) is 17.8 Å². The van der Waals surface area contributed by atoms with Gasteiger partial charge in [-0.2, -0.15) is 5.26 Å². The lowest BCUT2D eigenvalue weighted by Gasteiger charge is -2.10. The molecule has 0 N–H and O–H groups in total. The van der Waals surface area contributed by atoms with Crippen molar-refractivity contribution in [2.45, 2.75) is 13.5 Å². The molecular formula is C17H13N3O. The molecule has 0 aliphatic rings. The fourth-order valence-electron chi connectivity index (χ4n) is 2.31. The van der Waals surface area contributed by atoms with Crippen molar-refractivity contribution in [2.75, 3.05) is 0 Å². The molecule has 3 aromatic rings. The van der Waals surface area contributed by atoms with Crippen molar-refractivity contribution in [1.82, 2.24) is 9.55 Å². The fourth-order valence-corrected chi connectivity index (χ4v) is 2.31. The number of fused-ring (bicyclic) bond motifs is 1. The number of aryl methyl sites for hydroxylation is 1. The van der Waals surface area contributed by atoms with E-state index >= 15 is 0 Å². The van der Waals surface area contributed by atoms with Crippen LogP contribution in [0.1, 0.15) is 17.0 Å². The number of rotatable bonds is 2. The Kier molecular flexibility index (Phi) is 3.25. The van der Waals surface area contributed by atoms with E-state index in [1.807, 2.05) is 49.4 Å². The highest BCUT2D eigenvalue weighted by Crippen LogP contribution is 2.12. The molecule has 3 rings (SSSR count). The summed E-state index contributed by atoms with van der Waals surface area (Å²) < 4.78 is 1.58. The monoisotopic (exact) mass is 275 g/mol. The average Bonchev–Trinajstić information content (AvgIpc) is 2.51. The van der Waals surface area contributed by atoms with Crippen LogP contribution >= 0.6 is 0 Å². The van der Waals surface area contributed by atoms with Crippen molar-refractivity contribution in [3.05, 3.63) is 75.8 Å². The van der Waals surface area contributed by atoms with Crippen LogP contribution in [0.4, 0.5) is 0 Å². The summed E-state index contributed by atoms with van der Waals surface area (Å²) in [6.07, 6.45) is 0. The number of hydrogen-bond donors (Lipinski definition) is 0. The second kappa shape index (κ2) is 5.22. The number of para-hydroxylation sites is 1. The smallest absolute Gasteiger partial charge is 0.269 e. The zero-order valence-electron chi connectivity index (χ0n) is 11.6. The predicted molar refractivity (Wildman–Crippen MR) is 81.0 cm³/mol. The maximum atomic E-state index is 12.2. The molecule has 0 aliphatic carbocycles. The SMILES string of the molecule is Cc1ccc(C#N)c(=O)n1Cc1ccc2ccccc2n1. The summed E-state index contributed by atoms with van der Waals surface area (Å²) in [6.45, 7) is 2.22. The van der Waals surface area contributed by atoms with Crippen LogP contribution in [0, 0.1) is 18.3 Å². The molecular weight excluding hydrogens is 262 g/mol. The molecule has 102 valence electrons. The molecule has 0 spiro atoms. The topological polar surface area (TPSA) is 58.7 Å². The van der Waals surface area contributed by atoms with E-state index in [9.17, 15) is 4.79 Å². The van der Waals surface area contributed by atoms with Gasteiger partial charge in [-0.15, -0.1) is 0 Å². The maximum absolute atomic E-state index is 12.2.